The molecule has 1 nitrogen and oxygen atoms in total. The Labute approximate surface area is 350 Å². The molecule has 2 aliphatic rings. The van der Waals surface area contributed by atoms with Gasteiger partial charge in [-0.3, -0.25) is 0 Å². The zero-order valence-electron chi connectivity index (χ0n) is 32.6. The Kier molecular flexibility index (Phi) is 7.37. The van der Waals surface area contributed by atoms with E-state index in [0.717, 1.165) is 33.1 Å². The lowest BCUT2D eigenvalue weighted by molar-refractivity contribution is 0.659. The second-order valence-electron chi connectivity index (χ2n) is 16.2. The van der Waals surface area contributed by atoms with Crippen LogP contribution in [-0.2, 0) is 0 Å². The first-order valence-corrected chi connectivity index (χ1v) is 21.7. The van der Waals surface area contributed by atoms with E-state index in [2.05, 4.69) is 206 Å². The normalized spacial score (nSPS) is 16.1. The highest BCUT2D eigenvalue weighted by molar-refractivity contribution is 7.25. The molecule has 0 aliphatic heterocycles. The highest BCUT2D eigenvalue weighted by atomic mass is 32.1. The van der Waals surface area contributed by atoms with Crippen molar-refractivity contribution in [3.63, 3.8) is 0 Å². The molecule has 0 bridgehead atoms. The predicted molar refractivity (Wildman–Crippen MR) is 255 cm³/mol. The first-order valence-electron chi connectivity index (χ1n) is 20.8. The fourth-order valence-corrected chi connectivity index (χ4v) is 11.8. The van der Waals surface area contributed by atoms with E-state index in [-0.39, 0.29) is 11.8 Å². The predicted octanol–water partition coefficient (Wildman–Crippen LogP) is 14.4. The Morgan fingerprint density at radius 2 is 0.917 bits per heavy atom. The minimum Gasteiger partial charge on any atom is -0.455 e. The lowest BCUT2D eigenvalue weighted by Gasteiger charge is -2.33. The number of hydrogen-bond acceptors (Lipinski definition) is 2. The zero-order valence-corrected chi connectivity index (χ0v) is 33.4. The lowest BCUT2D eigenvalue weighted by Crippen LogP contribution is -2.40. The van der Waals surface area contributed by atoms with Crippen LogP contribution in [-0.4, -0.2) is 0 Å². The SMILES string of the molecule is C1=CC2C(c3cccc4c3oc3cc(-c5c6ccccc6c(-c6ccccc6)c6ccccc56)ccc34)=c3ccccc3=C(c3cccc4sc5ccccc5c34)C2C=C1. The maximum Gasteiger partial charge on any atom is 0.142 e. The van der Waals surface area contributed by atoms with Gasteiger partial charge in [-0.2, -0.15) is 0 Å². The zero-order chi connectivity index (χ0) is 39.3. The number of hydrogen-bond donors (Lipinski definition) is 0. The monoisotopic (exact) mass is 780 g/mol. The first-order chi connectivity index (χ1) is 29.8. The summed E-state index contributed by atoms with van der Waals surface area (Å²) in [6.45, 7) is 0. The lowest BCUT2D eigenvalue weighted by atomic mass is 9.69. The molecule has 2 heteroatoms. The van der Waals surface area contributed by atoms with Gasteiger partial charge in [0.2, 0.25) is 0 Å². The van der Waals surface area contributed by atoms with E-state index < -0.39 is 0 Å². The van der Waals surface area contributed by atoms with Crippen molar-refractivity contribution >= 4 is 86.1 Å². The van der Waals surface area contributed by atoms with Gasteiger partial charge in [0.05, 0.1) is 0 Å². The van der Waals surface area contributed by atoms with Crippen molar-refractivity contribution in [2.75, 3.05) is 0 Å². The van der Waals surface area contributed by atoms with Crippen LogP contribution in [0.3, 0.4) is 0 Å². The van der Waals surface area contributed by atoms with Gasteiger partial charge >= 0.3 is 0 Å². The molecule has 0 fully saturated rings. The number of benzene rings is 9. The van der Waals surface area contributed by atoms with Crippen molar-refractivity contribution in [3.05, 3.63) is 228 Å². The largest absolute Gasteiger partial charge is 0.455 e. The van der Waals surface area contributed by atoms with Crippen LogP contribution in [0.2, 0.25) is 0 Å². The topological polar surface area (TPSA) is 13.1 Å². The average molecular weight is 781 g/mol. The summed E-state index contributed by atoms with van der Waals surface area (Å²) in [5.74, 6) is 0.297. The van der Waals surface area contributed by atoms with Crippen molar-refractivity contribution in [2.45, 2.75) is 0 Å². The molecule has 13 rings (SSSR count). The summed E-state index contributed by atoms with van der Waals surface area (Å²) in [6, 6.07) is 66.9. The third-order valence-electron chi connectivity index (χ3n) is 13.1. The summed E-state index contributed by atoms with van der Waals surface area (Å²) in [6.07, 6.45) is 9.31. The van der Waals surface area contributed by atoms with Crippen molar-refractivity contribution in [1.29, 1.82) is 0 Å². The molecule has 9 aromatic carbocycles. The fourth-order valence-electron chi connectivity index (χ4n) is 10.6. The molecule has 2 aliphatic carbocycles. The number of allylic oxidation sites excluding steroid dienone is 4. The van der Waals surface area contributed by atoms with Gasteiger partial charge in [-0.1, -0.05) is 182 Å². The molecule has 11 aromatic rings. The Hall–Kier alpha value is -7.26. The van der Waals surface area contributed by atoms with Gasteiger partial charge in [-0.15, -0.1) is 11.3 Å². The Morgan fingerprint density at radius 1 is 0.383 bits per heavy atom. The van der Waals surface area contributed by atoms with E-state index in [0.29, 0.717) is 0 Å². The minimum atomic E-state index is 0.135. The molecular formula is C58H36OS. The van der Waals surface area contributed by atoms with Gasteiger partial charge in [0.25, 0.3) is 0 Å². The Morgan fingerprint density at radius 3 is 1.62 bits per heavy atom. The summed E-state index contributed by atoms with van der Waals surface area (Å²) in [5, 5.41) is 12.5. The molecule has 280 valence electrons. The number of thiophene rings is 1. The van der Waals surface area contributed by atoms with E-state index in [1.54, 1.807) is 0 Å². The molecule has 0 radical (unpaired) electrons. The van der Waals surface area contributed by atoms with Crippen molar-refractivity contribution in [2.24, 2.45) is 11.8 Å². The van der Waals surface area contributed by atoms with E-state index in [9.17, 15) is 0 Å². The summed E-state index contributed by atoms with van der Waals surface area (Å²) in [4.78, 5) is 0. The number of fused-ring (bicyclic) bond motifs is 10. The first kappa shape index (κ1) is 33.7. The maximum atomic E-state index is 7.15. The summed E-state index contributed by atoms with van der Waals surface area (Å²) in [5.41, 5.74) is 11.9. The number of rotatable bonds is 4. The summed E-state index contributed by atoms with van der Waals surface area (Å²) < 4.78 is 9.81. The summed E-state index contributed by atoms with van der Waals surface area (Å²) >= 11 is 1.89. The Bertz CT molecular complexity index is 3730. The van der Waals surface area contributed by atoms with Gasteiger partial charge < -0.3 is 4.42 Å². The Balaban J connectivity index is 1.06. The quantitative estimate of drug-likeness (QED) is 0.162. The molecule has 2 atom stereocenters. The molecule has 2 aromatic heterocycles. The van der Waals surface area contributed by atoms with Crippen LogP contribution >= 0.6 is 11.3 Å². The summed E-state index contributed by atoms with van der Waals surface area (Å²) in [7, 11) is 0. The van der Waals surface area contributed by atoms with Crippen LogP contribution in [0.25, 0.3) is 97.1 Å². The van der Waals surface area contributed by atoms with Gasteiger partial charge in [-0.05, 0) is 95.2 Å². The molecule has 0 saturated heterocycles. The second kappa shape index (κ2) is 13.1. The van der Waals surface area contributed by atoms with Crippen LogP contribution in [0.1, 0.15) is 11.1 Å². The van der Waals surface area contributed by atoms with Crippen LogP contribution < -0.4 is 10.4 Å². The van der Waals surface area contributed by atoms with Crippen molar-refractivity contribution in [3.8, 4) is 22.3 Å². The van der Waals surface area contributed by atoms with Crippen LogP contribution in [0.5, 0.6) is 0 Å². The van der Waals surface area contributed by atoms with Gasteiger partial charge in [0.1, 0.15) is 11.2 Å². The van der Waals surface area contributed by atoms with Crippen LogP contribution in [0, 0.1) is 11.8 Å². The third-order valence-corrected chi connectivity index (χ3v) is 14.2. The number of furan rings is 1. The minimum absolute atomic E-state index is 0.135. The second-order valence-corrected chi connectivity index (χ2v) is 17.3. The molecule has 60 heavy (non-hydrogen) atoms. The molecule has 0 N–H and O–H groups in total. The average Bonchev–Trinajstić information content (AvgIpc) is 3.89. The third kappa shape index (κ3) is 4.86. The molecule has 0 saturated carbocycles. The standard InChI is InChI=1S/C58H36OS/c1-2-16-35(17-3-1)53-38-18-4-6-20-40(38)54(41-21-7-5-19-39(41)53)36-32-33-37-46-27-14-29-49(58(46)59-50(37)34-36)56-44-24-10-8-22-42(44)55(43-23-9-11-25-45(43)56)48-28-15-31-52-57(48)47-26-12-13-30-51(47)60-52/h1-34,42,44H. The van der Waals surface area contributed by atoms with Crippen LogP contribution in [0.15, 0.2) is 211 Å². The van der Waals surface area contributed by atoms with Crippen molar-refractivity contribution in [1.82, 2.24) is 0 Å². The van der Waals surface area contributed by atoms with Gasteiger partial charge in [0.15, 0.2) is 0 Å². The van der Waals surface area contributed by atoms with Gasteiger partial charge in [-0.25, -0.2) is 0 Å². The highest BCUT2D eigenvalue weighted by Gasteiger charge is 2.34. The van der Waals surface area contributed by atoms with Crippen molar-refractivity contribution < 1.29 is 4.42 Å². The van der Waals surface area contributed by atoms with Crippen LogP contribution in [0.4, 0.5) is 0 Å². The molecular weight excluding hydrogens is 745 g/mol. The van der Waals surface area contributed by atoms with E-state index >= 15 is 0 Å². The maximum absolute atomic E-state index is 7.15. The molecule has 2 unspecified atom stereocenters. The molecule has 0 spiro atoms. The molecule has 2 heterocycles. The van der Waals surface area contributed by atoms with E-state index in [4.69, 9.17) is 4.42 Å². The fraction of sp³-hybridized carbons (Fsp3) is 0.0345. The molecule has 0 amide bonds. The number of para-hydroxylation sites is 1. The highest BCUT2D eigenvalue weighted by Crippen LogP contribution is 2.48. The van der Waals surface area contributed by atoms with E-state index in [1.807, 2.05) is 11.3 Å². The van der Waals surface area contributed by atoms with Gasteiger partial charge in [0, 0.05) is 48.3 Å². The van der Waals surface area contributed by atoms with E-state index in [1.165, 1.54) is 85.6 Å². The smallest absolute Gasteiger partial charge is 0.142 e.